The van der Waals surface area contributed by atoms with Crippen LogP contribution in [0.5, 0.6) is 0 Å². The van der Waals surface area contributed by atoms with Crippen LogP contribution >= 0.6 is 11.3 Å². The lowest BCUT2D eigenvalue weighted by Crippen LogP contribution is -2.50. The third-order valence-corrected chi connectivity index (χ3v) is 5.48. The molecule has 6 nitrogen and oxygen atoms in total. The van der Waals surface area contributed by atoms with E-state index in [1.807, 2.05) is 38.1 Å². The van der Waals surface area contributed by atoms with Crippen LogP contribution in [-0.2, 0) is 4.79 Å². The Balaban J connectivity index is 1.64. The topological polar surface area (TPSA) is 79.4 Å². The van der Waals surface area contributed by atoms with Gasteiger partial charge in [-0.3, -0.25) is 19.3 Å². The van der Waals surface area contributed by atoms with E-state index in [0.29, 0.717) is 16.3 Å². The molecule has 1 aliphatic heterocycles. The van der Waals surface area contributed by atoms with Gasteiger partial charge in [0.2, 0.25) is 5.91 Å². The van der Waals surface area contributed by atoms with Crippen molar-refractivity contribution in [2.24, 2.45) is 5.92 Å². The largest absolute Gasteiger partial charge is 0.300 e. The van der Waals surface area contributed by atoms with Crippen LogP contribution in [0.2, 0.25) is 0 Å². The van der Waals surface area contributed by atoms with E-state index in [4.69, 9.17) is 0 Å². The number of hydrogen-bond acceptors (Lipinski definition) is 5. The standard InChI is InChI=1S/C20H17N3O3S/c1-11(2)16(23-18(25)12-7-3-4-8-13(12)19(23)26)17(24)22-20-21-14-9-5-6-10-15(14)27-20/h3-11,16H,1-2H3,(H,21,22,24). The van der Waals surface area contributed by atoms with Crippen molar-refractivity contribution in [2.45, 2.75) is 19.9 Å². The summed E-state index contributed by atoms with van der Waals surface area (Å²) in [5.41, 5.74) is 1.46. The van der Waals surface area contributed by atoms with E-state index in [9.17, 15) is 14.4 Å². The molecular formula is C20H17N3O3S. The molecule has 136 valence electrons. The minimum Gasteiger partial charge on any atom is -0.300 e. The van der Waals surface area contributed by atoms with Crippen LogP contribution in [0.1, 0.15) is 34.6 Å². The van der Waals surface area contributed by atoms with E-state index >= 15 is 0 Å². The normalized spacial score (nSPS) is 14.7. The van der Waals surface area contributed by atoms with E-state index in [1.54, 1.807) is 24.3 Å². The van der Waals surface area contributed by atoms with Gasteiger partial charge in [-0.05, 0) is 30.2 Å². The van der Waals surface area contributed by atoms with Crippen molar-refractivity contribution in [3.63, 3.8) is 0 Å². The van der Waals surface area contributed by atoms with Crippen molar-refractivity contribution in [1.29, 1.82) is 0 Å². The van der Waals surface area contributed by atoms with Crippen LogP contribution in [0.25, 0.3) is 10.2 Å². The molecule has 1 atom stereocenters. The number of aromatic nitrogens is 1. The predicted octanol–water partition coefficient (Wildman–Crippen LogP) is 3.56. The fourth-order valence-electron chi connectivity index (χ4n) is 3.28. The first-order valence-corrected chi connectivity index (χ1v) is 9.42. The summed E-state index contributed by atoms with van der Waals surface area (Å²) in [6, 6.07) is 13.3. The molecule has 4 rings (SSSR count). The molecule has 0 saturated carbocycles. The number of amides is 3. The van der Waals surface area contributed by atoms with Crippen LogP contribution < -0.4 is 5.32 Å². The Morgan fingerprint density at radius 3 is 2.19 bits per heavy atom. The van der Waals surface area contributed by atoms with Crippen LogP contribution in [0.15, 0.2) is 48.5 Å². The number of fused-ring (bicyclic) bond motifs is 2. The zero-order valence-electron chi connectivity index (χ0n) is 14.8. The van der Waals surface area contributed by atoms with Crippen molar-refractivity contribution >= 4 is 44.4 Å². The Kier molecular flexibility index (Phi) is 4.24. The van der Waals surface area contributed by atoms with Gasteiger partial charge in [0, 0.05) is 0 Å². The molecule has 1 N–H and O–H groups in total. The number of carbonyl (C=O) groups excluding carboxylic acids is 3. The second-order valence-corrected chi connectivity index (χ2v) is 7.72. The third kappa shape index (κ3) is 2.90. The van der Waals surface area contributed by atoms with Gasteiger partial charge in [-0.1, -0.05) is 49.4 Å². The second-order valence-electron chi connectivity index (χ2n) is 6.69. The second kappa shape index (κ2) is 6.59. The van der Waals surface area contributed by atoms with Crippen LogP contribution in [0.4, 0.5) is 5.13 Å². The monoisotopic (exact) mass is 379 g/mol. The third-order valence-electron chi connectivity index (χ3n) is 4.53. The lowest BCUT2D eigenvalue weighted by Gasteiger charge is -2.27. The van der Waals surface area contributed by atoms with Gasteiger partial charge in [-0.25, -0.2) is 4.98 Å². The highest BCUT2D eigenvalue weighted by atomic mass is 32.1. The molecule has 0 saturated heterocycles. The Morgan fingerprint density at radius 2 is 1.59 bits per heavy atom. The van der Waals surface area contributed by atoms with Gasteiger partial charge >= 0.3 is 0 Å². The Hall–Kier alpha value is -3.06. The van der Waals surface area contributed by atoms with E-state index in [2.05, 4.69) is 10.3 Å². The quantitative estimate of drug-likeness (QED) is 0.703. The number of hydrogen-bond donors (Lipinski definition) is 1. The highest BCUT2D eigenvalue weighted by molar-refractivity contribution is 7.22. The van der Waals surface area contributed by atoms with Gasteiger partial charge in [-0.2, -0.15) is 0 Å². The van der Waals surface area contributed by atoms with Gasteiger partial charge in [0.05, 0.1) is 21.3 Å². The zero-order valence-corrected chi connectivity index (χ0v) is 15.6. The number of imide groups is 1. The minimum absolute atomic E-state index is 0.249. The Bertz CT molecular complexity index is 1010. The molecule has 1 aromatic heterocycles. The molecule has 7 heteroatoms. The van der Waals surface area contributed by atoms with E-state index in [1.165, 1.54) is 11.3 Å². The SMILES string of the molecule is CC(C)C(C(=O)Nc1nc2ccccc2s1)N1C(=O)c2ccccc2C1=O. The number of nitrogens with zero attached hydrogens (tertiary/aromatic N) is 2. The summed E-state index contributed by atoms with van der Waals surface area (Å²) < 4.78 is 0.953. The van der Waals surface area contributed by atoms with Gasteiger partial charge < -0.3 is 5.32 Å². The fourth-order valence-corrected chi connectivity index (χ4v) is 4.15. The highest BCUT2D eigenvalue weighted by Crippen LogP contribution is 2.29. The molecule has 3 amide bonds. The molecule has 0 spiro atoms. The number of benzene rings is 2. The number of para-hydroxylation sites is 1. The molecule has 0 bridgehead atoms. The van der Waals surface area contributed by atoms with Gasteiger partial charge in [-0.15, -0.1) is 0 Å². The molecule has 0 fully saturated rings. The van der Waals surface area contributed by atoms with E-state index < -0.39 is 23.8 Å². The summed E-state index contributed by atoms with van der Waals surface area (Å²) in [5.74, 6) is -1.54. The first-order chi connectivity index (χ1) is 13.0. The van der Waals surface area contributed by atoms with Crippen molar-refractivity contribution in [2.75, 3.05) is 5.32 Å². The fraction of sp³-hybridized carbons (Fsp3) is 0.200. The summed E-state index contributed by atoms with van der Waals surface area (Å²) in [7, 11) is 0. The maximum Gasteiger partial charge on any atom is 0.262 e. The van der Waals surface area contributed by atoms with E-state index in [-0.39, 0.29) is 5.92 Å². The van der Waals surface area contributed by atoms with Crippen LogP contribution in [-0.4, -0.2) is 33.6 Å². The average Bonchev–Trinajstić information content (AvgIpc) is 3.16. The average molecular weight is 379 g/mol. The van der Waals surface area contributed by atoms with Crippen LogP contribution in [0.3, 0.4) is 0 Å². The summed E-state index contributed by atoms with van der Waals surface area (Å²) >= 11 is 1.35. The maximum atomic E-state index is 13.0. The number of anilines is 1. The van der Waals surface area contributed by atoms with Gasteiger partial charge in [0.25, 0.3) is 11.8 Å². The minimum atomic E-state index is -0.913. The molecular weight excluding hydrogens is 362 g/mol. The molecule has 1 unspecified atom stereocenters. The molecule has 0 aliphatic carbocycles. The summed E-state index contributed by atoms with van der Waals surface area (Å²) in [4.78, 5) is 44.0. The lowest BCUT2D eigenvalue weighted by atomic mass is 10.0. The number of nitrogens with one attached hydrogen (secondary N) is 1. The predicted molar refractivity (Wildman–Crippen MR) is 104 cm³/mol. The summed E-state index contributed by atoms with van der Waals surface area (Å²) in [5, 5.41) is 3.23. The first-order valence-electron chi connectivity index (χ1n) is 8.60. The Labute approximate surface area is 159 Å². The molecule has 27 heavy (non-hydrogen) atoms. The Morgan fingerprint density at radius 1 is 1.00 bits per heavy atom. The van der Waals surface area contributed by atoms with Gasteiger partial charge in [0.15, 0.2) is 5.13 Å². The lowest BCUT2D eigenvalue weighted by molar-refractivity contribution is -0.121. The molecule has 1 aliphatic rings. The van der Waals surface area contributed by atoms with Gasteiger partial charge in [0.1, 0.15) is 6.04 Å². The van der Waals surface area contributed by atoms with Crippen molar-refractivity contribution in [3.8, 4) is 0 Å². The van der Waals surface area contributed by atoms with Crippen molar-refractivity contribution < 1.29 is 14.4 Å². The highest BCUT2D eigenvalue weighted by Gasteiger charge is 2.44. The summed E-state index contributed by atoms with van der Waals surface area (Å²) in [6.45, 7) is 3.62. The van der Waals surface area contributed by atoms with Crippen molar-refractivity contribution in [1.82, 2.24) is 9.88 Å². The molecule has 3 aromatic rings. The number of carbonyl (C=O) groups is 3. The summed E-state index contributed by atoms with van der Waals surface area (Å²) in [6.07, 6.45) is 0. The number of thiazole rings is 1. The number of rotatable bonds is 4. The maximum absolute atomic E-state index is 13.0. The molecule has 2 aromatic carbocycles. The van der Waals surface area contributed by atoms with Crippen LogP contribution in [0, 0.1) is 5.92 Å². The molecule has 2 heterocycles. The van der Waals surface area contributed by atoms with Crippen molar-refractivity contribution in [3.05, 3.63) is 59.7 Å². The smallest absolute Gasteiger partial charge is 0.262 e. The van der Waals surface area contributed by atoms with E-state index in [0.717, 1.165) is 15.1 Å². The zero-order chi connectivity index (χ0) is 19.1. The molecule has 0 radical (unpaired) electrons. The first kappa shape index (κ1) is 17.4.